The molecule has 1 unspecified atom stereocenters. The van der Waals surface area contributed by atoms with Crippen molar-refractivity contribution >= 4 is 9.84 Å². The van der Waals surface area contributed by atoms with Gasteiger partial charge in [-0.1, -0.05) is 19.0 Å². The van der Waals surface area contributed by atoms with Crippen LogP contribution in [0.15, 0.2) is 4.52 Å². The van der Waals surface area contributed by atoms with Gasteiger partial charge < -0.3 is 4.52 Å². The third kappa shape index (κ3) is 3.30. The lowest BCUT2D eigenvalue weighted by molar-refractivity contribution is 0.231. The summed E-state index contributed by atoms with van der Waals surface area (Å²) in [6.07, 6.45) is 5.28. The van der Waals surface area contributed by atoms with Crippen LogP contribution in [0.3, 0.4) is 0 Å². The van der Waals surface area contributed by atoms with Gasteiger partial charge in [0.05, 0.1) is 11.5 Å². The van der Waals surface area contributed by atoms with Gasteiger partial charge in [-0.25, -0.2) is 8.42 Å². The van der Waals surface area contributed by atoms with Gasteiger partial charge in [-0.05, 0) is 43.9 Å². The second-order valence-electron chi connectivity index (χ2n) is 6.95. The first-order chi connectivity index (χ1) is 9.94. The van der Waals surface area contributed by atoms with Gasteiger partial charge in [0.15, 0.2) is 15.7 Å². The summed E-state index contributed by atoms with van der Waals surface area (Å²) in [5, 5.41) is 4.04. The van der Waals surface area contributed by atoms with Crippen molar-refractivity contribution in [1.82, 2.24) is 10.1 Å². The van der Waals surface area contributed by atoms with Crippen LogP contribution in [0.5, 0.6) is 0 Å². The Kier molecular flexibility index (Phi) is 4.08. The van der Waals surface area contributed by atoms with E-state index in [9.17, 15) is 8.42 Å². The van der Waals surface area contributed by atoms with Gasteiger partial charge in [0.2, 0.25) is 5.89 Å². The summed E-state index contributed by atoms with van der Waals surface area (Å²) in [5.74, 6) is 3.58. The van der Waals surface area contributed by atoms with Crippen molar-refractivity contribution in [2.24, 2.45) is 11.8 Å². The monoisotopic (exact) mass is 312 g/mol. The fraction of sp³-hybridized carbons (Fsp3) is 0.867. The Balaban J connectivity index is 1.64. The molecule has 1 aromatic rings. The van der Waals surface area contributed by atoms with Crippen LogP contribution >= 0.6 is 0 Å². The zero-order valence-corrected chi connectivity index (χ0v) is 13.6. The molecule has 0 bridgehead atoms. The Morgan fingerprint density at radius 3 is 2.38 bits per heavy atom. The highest BCUT2D eigenvalue weighted by molar-refractivity contribution is 7.91. The fourth-order valence-electron chi connectivity index (χ4n) is 3.61. The van der Waals surface area contributed by atoms with E-state index in [2.05, 4.69) is 24.0 Å². The van der Waals surface area contributed by atoms with E-state index in [1.165, 1.54) is 12.8 Å². The van der Waals surface area contributed by atoms with Gasteiger partial charge in [0, 0.05) is 11.8 Å². The van der Waals surface area contributed by atoms with Gasteiger partial charge in [0.25, 0.3) is 0 Å². The first kappa shape index (κ1) is 15.0. The average molecular weight is 312 g/mol. The minimum Gasteiger partial charge on any atom is -0.339 e. The first-order valence-electron chi connectivity index (χ1n) is 7.98. The van der Waals surface area contributed by atoms with E-state index in [-0.39, 0.29) is 17.4 Å². The fourth-order valence-corrected chi connectivity index (χ4v) is 5.35. The van der Waals surface area contributed by atoms with E-state index in [1.54, 1.807) is 0 Å². The Hall–Kier alpha value is -0.910. The van der Waals surface area contributed by atoms with Crippen molar-refractivity contribution in [1.29, 1.82) is 0 Å². The molecule has 5 nitrogen and oxygen atoms in total. The average Bonchev–Trinajstić information content (AvgIpc) is 3.05. The molecule has 0 aromatic carbocycles. The maximum absolute atomic E-state index is 11.5. The molecule has 0 amide bonds. The number of rotatable bonds is 3. The highest BCUT2D eigenvalue weighted by Gasteiger charge is 2.34. The molecule has 2 heterocycles. The van der Waals surface area contributed by atoms with Gasteiger partial charge in [-0.15, -0.1) is 0 Å². The van der Waals surface area contributed by atoms with Crippen LogP contribution < -0.4 is 0 Å². The summed E-state index contributed by atoms with van der Waals surface area (Å²) in [4.78, 5) is 4.51. The molecule has 1 aromatic heterocycles. The van der Waals surface area contributed by atoms with Crippen molar-refractivity contribution in [3.05, 3.63) is 11.7 Å². The van der Waals surface area contributed by atoms with Crippen molar-refractivity contribution in [3.63, 3.8) is 0 Å². The Labute approximate surface area is 126 Å². The van der Waals surface area contributed by atoms with Gasteiger partial charge in [-0.3, -0.25) is 0 Å². The zero-order valence-electron chi connectivity index (χ0n) is 12.8. The lowest BCUT2D eigenvalue weighted by Crippen LogP contribution is -2.17. The van der Waals surface area contributed by atoms with Crippen molar-refractivity contribution in [2.45, 2.75) is 57.8 Å². The van der Waals surface area contributed by atoms with Crippen LogP contribution in [0.4, 0.5) is 0 Å². The molecule has 1 saturated heterocycles. The molecule has 1 aliphatic heterocycles. The molecular formula is C15H24N2O3S. The number of sulfone groups is 1. The van der Waals surface area contributed by atoms with Crippen LogP contribution in [-0.2, 0) is 9.84 Å². The Morgan fingerprint density at radius 2 is 1.81 bits per heavy atom. The molecule has 1 atom stereocenters. The lowest BCUT2D eigenvalue weighted by atomic mass is 9.77. The number of nitrogens with zero attached hydrogens (tertiary/aromatic N) is 2. The predicted molar refractivity (Wildman–Crippen MR) is 79.8 cm³/mol. The van der Waals surface area contributed by atoms with Crippen LogP contribution in [0.1, 0.15) is 69.5 Å². The third-order valence-corrected chi connectivity index (χ3v) is 6.89. The molecule has 0 N–H and O–H groups in total. The smallest absolute Gasteiger partial charge is 0.229 e. The van der Waals surface area contributed by atoms with Gasteiger partial charge >= 0.3 is 0 Å². The van der Waals surface area contributed by atoms with Crippen LogP contribution in [0.25, 0.3) is 0 Å². The van der Waals surface area contributed by atoms with Crippen LogP contribution in [0, 0.1) is 11.8 Å². The number of hydrogen-bond donors (Lipinski definition) is 0. The Bertz CT molecular complexity index is 586. The van der Waals surface area contributed by atoms with E-state index in [4.69, 9.17) is 4.52 Å². The second-order valence-corrected chi connectivity index (χ2v) is 9.18. The summed E-state index contributed by atoms with van der Waals surface area (Å²) in [6, 6.07) is 0. The van der Waals surface area contributed by atoms with E-state index in [0.717, 1.165) is 30.6 Å². The molecule has 2 aliphatic rings. The van der Waals surface area contributed by atoms with E-state index in [0.29, 0.717) is 18.2 Å². The highest BCUT2D eigenvalue weighted by atomic mass is 32.2. The molecule has 3 rings (SSSR count). The topological polar surface area (TPSA) is 73.1 Å². The van der Waals surface area contributed by atoms with E-state index < -0.39 is 9.84 Å². The zero-order chi connectivity index (χ0) is 15.0. The molecule has 2 fully saturated rings. The molecular weight excluding hydrogens is 288 g/mol. The molecule has 118 valence electrons. The minimum atomic E-state index is -2.90. The highest BCUT2D eigenvalue weighted by Crippen LogP contribution is 2.38. The summed E-state index contributed by atoms with van der Waals surface area (Å²) in [6.45, 7) is 4.58. The van der Waals surface area contributed by atoms with E-state index >= 15 is 0 Å². The molecule has 6 heteroatoms. The summed E-state index contributed by atoms with van der Waals surface area (Å²) in [7, 11) is -2.90. The van der Waals surface area contributed by atoms with E-state index in [1.807, 2.05) is 0 Å². The van der Waals surface area contributed by atoms with Crippen molar-refractivity contribution in [2.75, 3.05) is 11.5 Å². The Morgan fingerprint density at radius 1 is 1.10 bits per heavy atom. The molecule has 0 radical (unpaired) electrons. The summed E-state index contributed by atoms with van der Waals surface area (Å²) >= 11 is 0. The van der Waals surface area contributed by atoms with Crippen LogP contribution in [0.2, 0.25) is 0 Å². The number of hydrogen-bond acceptors (Lipinski definition) is 5. The quantitative estimate of drug-likeness (QED) is 0.858. The first-order valence-corrected chi connectivity index (χ1v) is 9.80. The lowest BCUT2D eigenvalue weighted by Gasteiger charge is -2.28. The SMILES string of the molecule is CC(C)C1CCC(c2nc(C3CCS(=O)(=O)C3)no2)CC1. The van der Waals surface area contributed by atoms with Crippen molar-refractivity contribution in [3.8, 4) is 0 Å². The number of aromatic nitrogens is 2. The molecule has 1 saturated carbocycles. The third-order valence-electron chi connectivity index (χ3n) is 5.12. The van der Waals surface area contributed by atoms with Gasteiger partial charge in [0.1, 0.15) is 0 Å². The normalized spacial score (nSPS) is 32.6. The molecule has 0 spiro atoms. The molecule has 1 aliphatic carbocycles. The maximum Gasteiger partial charge on any atom is 0.229 e. The minimum absolute atomic E-state index is 0.0699. The van der Waals surface area contributed by atoms with Crippen LogP contribution in [-0.4, -0.2) is 30.1 Å². The largest absolute Gasteiger partial charge is 0.339 e. The summed E-state index contributed by atoms with van der Waals surface area (Å²) < 4.78 is 28.5. The van der Waals surface area contributed by atoms with Gasteiger partial charge in [-0.2, -0.15) is 4.98 Å². The summed E-state index contributed by atoms with van der Waals surface area (Å²) in [5.41, 5.74) is 0. The maximum atomic E-state index is 11.5. The van der Waals surface area contributed by atoms with Crippen molar-refractivity contribution < 1.29 is 12.9 Å². The predicted octanol–water partition coefficient (Wildman–Crippen LogP) is 2.90. The second kappa shape index (κ2) is 5.71. The molecule has 21 heavy (non-hydrogen) atoms. The standard InChI is InChI=1S/C15H24N2O3S/c1-10(2)11-3-5-12(6-4-11)15-16-14(17-20-15)13-7-8-21(18,19)9-13/h10-13H,3-9H2,1-2H3.